The van der Waals surface area contributed by atoms with E-state index in [9.17, 15) is 5.26 Å². The van der Waals surface area contributed by atoms with Crippen LogP contribution in [0.1, 0.15) is 41.3 Å². The Bertz CT molecular complexity index is 780. The predicted octanol–water partition coefficient (Wildman–Crippen LogP) is 3.25. The second-order valence-corrected chi connectivity index (χ2v) is 6.33. The SMILES string of the molecule is COCCn1ncc2c1[C@@H](Nc1ncc(Cl)c(C)c1C#N)CCC2. The molecule has 0 saturated carbocycles. The van der Waals surface area contributed by atoms with E-state index in [1.807, 2.05) is 17.8 Å². The molecule has 6 nitrogen and oxygen atoms in total. The molecule has 2 aromatic rings. The maximum atomic E-state index is 9.46. The monoisotopic (exact) mass is 345 g/mol. The van der Waals surface area contributed by atoms with E-state index < -0.39 is 0 Å². The first-order valence-corrected chi connectivity index (χ1v) is 8.38. The van der Waals surface area contributed by atoms with Crippen molar-refractivity contribution in [1.82, 2.24) is 14.8 Å². The van der Waals surface area contributed by atoms with E-state index in [0.29, 0.717) is 29.6 Å². The van der Waals surface area contributed by atoms with Gasteiger partial charge in [-0.05, 0) is 37.3 Å². The first kappa shape index (κ1) is 16.7. The van der Waals surface area contributed by atoms with Gasteiger partial charge in [-0.2, -0.15) is 10.4 Å². The molecule has 0 aliphatic heterocycles. The first-order chi connectivity index (χ1) is 11.7. The van der Waals surface area contributed by atoms with Crippen LogP contribution in [0.3, 0.4) is 0 Å². The van der Waals surface area contributed by atoms with Gasteiger partial charge in [-0.25, -0.2) is 4.98 Å². The lowest BCUT2D eigenvalue weighted by Crippen LogP contribution is -2.23. The van der Waals surface area contributed by atoms with Crippen molar-refractivity contribution in [1.29, 1.82) is 5.26 Å². The summed E-state index contributed by atoms with van der Waals surface area (Å²) in [6, 6.07) is 2.29. The Morgan fingerprint density at radius 3 is 3.08 bits per heavy atom. The highest BCUT2D eigenvalue weighted by Crippen LogP contribution is 2.34. The number of nitrogens with one attached hydrogen (secondary N) is 1. The topological polar surface area (TPSA) is 75.8 Å². The first-order valence-electron chi connectivity index (χ1n) is 8.01. The molecule has 1 aliphatic rings. The van der Waals surface area contributed by atoms with E-state index in [4.69, 9.17) is 16.3 Å². The Labute approximate surface area is 146 Å². The molecule has 1 atom stereocenters. The number of hydrogen-bond donors (Lipinski definition) is 1. The van der Waals surface area contributed by atoms with Gasteiger partial charge < -0.3 is 10.1 Å². The van der Waals surface area contributed by atoms with Crippen molar-refractivity contribution in [2.75, 3.05) is 19.0 Å². The van der Waals surface area contributed by atoms with Crippen molar-refractivity contribution in [3.8, 4) is 6.07 Å². The predicted molar refractivity (Wildman–Crippen MR) is 92.1 cm³/mol. The molecule has 2 heterocycles. The molecule has 0 fully saturated rings. The average Bonchev–Trinajstić information content (AvgIpc) is 3.01. The zero-order chi connectivity index (χ0) is 17.1. The molecule has 126 valence electrons. The molecule has 2 aromatic heterocycles. The van der Waals surface area contributed by atoms with Crippen molar-refractivity contribution in [3.05, 3.63) is 39.8 Å². The van der Waals surface area contributed by atoms with Crippen LogP contribution in [0.2, 0.25) is 5.02 Å². The summed E-state index contributed by atoms with van der Waals surface area (Å²) < 4.78 is 7.16. The highest BCUT2D eigenvalue weighted by atomic mass is 35.5. The smallest absolute Gasteiger partial charge is 0.144 e. The molecule has 24 heavy (non-hydrogen) atoms. The number of ether oxygens (including phenoxy) is 1. The maximum Gasteiger partial charge on any atom is 0.144 e. The van der Waals surface area contributed by atoms with E-state index in [1.54, 1.807) is 13.3 Å². The minimum absolute atomic E-state index is 0.0771. The summed E-state index contributed by atoms with van der Waals surface area (Å²) in [5.41, 5.74) is 3.66. The molecule has 1 aliphatic carbocycles. The van der Waals surface area contributed by atoms with Gasteiger partial charge in [0.15, 0.2) is 0 Å². The van der Waals surface area contributed by atoms with E-state index in [0.717, 1.165) is 30.5 Å². The molecule has 0 unspecified atom stereocenters. The van der Waals surface area contributed by atoms with Crippen molar-refractivity contribution in [2.45, 2.75) is 38.8 Å². The molecule has 3 rings (SSSR count). The summed E-state index contributed by atoms with van der Waals surface area (Å²) in [4.78, 5) is 4.33. The van der Waals surface area contributed by atoms with Crippen molar-refractivity contribution in [2.24, 2.45) is 0 Å². The second-order valence-electron chi connectivity index (χ2n) is 5.93. The Morgan fingerprint density at radius 1 is 1.50 bits per heavy atom. The highest BCUT2D eigenvalue weighted by molar-refractivity contribution is 6.31. The van der Waals surface area contributed by atoms with Gasteiger partial charge in [-0.1, -0.05) is 11.6 Å². The van der Waals surface area contributed by atoms with Crippen molar-refractivity contribution >= 4 is 17.4 Å². The maximum absolute atomic E-state index is 9.46. The van der Waals surface area contributed by atoms with Gasteiger partial charge in [-0.3, -0.25) is 4.68 Å². The molecule has 7 heteroatoms. The number of fused-ring (bicyclic) bond motifs is 1. The zero-order valence-corrected chi connectivity index (χ0v) is 14.6. The number of pyridine rings is 1. The van der Waals surface area contributed by atoms with Crippen molar-refractivity contribution in [3.63, 3.8) is 0 Å². The zero-order valence-electron chi connectivity index (χ0n) is 13.8. The van der Waals surface area contributed by atoms with Gasteiger partial charge >= 0.3 is 0 Å². The fourth-order valence-electron chi connectivity index (χ4n) is 3.15. The molecule has 1 N–H and O–H groups in total. The number of anilines is 1. The average molecular weight is 346 g/mol. The van der Waals surface area contributed by atoms with Crippen molar-refractivity contribution < 1.29 is 4.74 Å². The number of halogens is 1. The van der Waals surface area contributed by atoms with Crippen LogP contribution in [-0.4, -0.2) is 28.5 Å². The lowest BCUT2D eigenvalue weighted by atomic mass is 9.93. The molecule has 0 amide bonds. The van der Waals surface area contributed by atoms with Crippen LogP contribution in [0.25, 0.3) is 0 Å². The van der Waals surface area contributed by atoms with Crippen LogP contribution in [0.4, 0.5) is 5.82 Å². The Kier molecular flexibility index (Phi) is 5.03. The van der Waals surface area contributed by atoms with Gasteiger partial charge in [0.1, 0.15) is 11.9 Å². The minimum Gasteiger partial charge on any atom is -0.383 e. The van der Waals surface area contributed by atoms with Gasteiger partial charge in [0.2, 0.25) is 0 Å². The fraction of sp³-hybridized carbons (Fsp3) is 0.471. The Morgan fingerprint density at radius 2 is 2.33 bits per heavy atom. The molecular formula is C17H20ClN5O. The summed E-state index contributed by atoms with van der Waals surface area (Å²) >= 11 is 6.08. The van der Waals surface area contributed by atoms with Crippen LogP contribution in [0.5, 0.6) is 0 Å². The summed E-state index contributed by atoms with van der Waals surface area (Å²) in [5.74, 6) is 0.580. The largest absolute Gasteiger partial charge is 0.383 e. The van der Waals surface area contributed by atoms with Crippen LogP contribution in [0, 0.1) is 18.3 Å². The Hall–Kier alpha value is -2.10. The van der Waals surface area contributed by atoms with Gasteiger partial charge in [-0.15, -0.1) is 0 Å². The number of rotatable bonds is 5. The van der Waals surface area contributed by atoms with Crippen LogP contribution >= 0.6 is 11.6 Å². The molecular weight excluding hydrogens is 326 g/mol. The van der Waals surface area contributed by atoms with E-state index in [-0.39, 0.29) is 6.04 Å². The number of nitrogens with zero attached hydrogens (tertiary/aromatic N) is 4. The lowest BCUT2D eigenvalue weighted by molar-refractivity contribution is 0.182. The third-order valence-electron chi connectivity index (χ3n) is 4.44. The number of methoxy groups -OCH3 is 1. The number of hydrogen-bond acceptors (Lipinski definition) is 5. The normalized spacial score (nSPS) is 16.5. The van der Waals surface area contributed by atoms with Gasteiger partial charge in [0, 0.05) is 13.3 Å². The molecule has 0 spiro atoms. The van der Waals surface area contributed by atoms with E-state index in [2.05, 4.69) is 21.5 Å². The third kappa shape index (κ3) is 3.10. The summed E-state index contributed by atoms with van der Waals surface area (Å²) in [6.07, 6.45) is 6.60. The Balaban J connectivity index is 1.92. The number of nitriles is 1. The molecule has 0 radical (unpaired) electrons. The summed E-state index contributed by atoms with van der Waals surface area (Å²) in [6.45, 7) is 3.16. The fourth-order valence-corrected chi connectivity index (χ4v) is 3.29. The van der Waals surface area contributed by atoms with Gasteiger partial charge in [0.25, 0.3) is 0 Å². The van der Waals surface area contributed by atoms with E-state index >= 15 is 0 Å². The van der Waals surface area contributed by atoms with Crippen LogP contribution < -0.4 is 5.32 Å². The number of aromatic nitrogens is 3. The van der Waals surface area contributed by atoms with Crippen LogP contribution in [-0.2, 0) is 17.7 Å². The molecule has 0 saturated heterocycles. The molecule has 0 aromatic carbocycles. The minimum atomic E-state index is 0.0771. The lowest BCUT2D eigenvalue weighted by Gasteiger charge is -2.26. The quantitative estimate of drug-likeness (QED) is 0.900. The van der Waals surface area contributed by atoms with Gasteiger partial charge in [0.05, 0.1) is 41.7 Å². The number of aryl methyl sites for hydroxylation is 1. The molecule has 0 bridgehead atoms. The third-order valence-corrected chi connectivity index (χ3v) is 4.82. The summed E-state index contributed by atoms with van der Waals surface area (Å²) in [5, 5.41) is 17.9. The summed E-state index contributed by atoms with van der Waals surface area (Å²) in [7, 11) is 1.69. The van der Waals surface area contributed by atoms with E-state index in [1.165, 1.54) is 5.56 Å². The highest BCUT2D eigenvalue weighted by Gasteiger charge is 2.26. The van der Waals surface area contributed by atoms with Crippen LogP contribution in [0.15, 0.2) is 12.4 Å². The standard InChI is InChI=1S/C17H20ClN5O/c1-11-13(8-19)17(20-10-14(11)18)22-15-5-3-4-12-9-21-23(16(12)15)6-7-24-2/h9-10,15H,3-7H2,1-2H3,(H,20,22)/t15-/m0/s1. The second kappa shape index (κ2) is 7.20.